The van der Waals surface area contributed by atoms with Crippen LogP contribution in [-0.4, -0.2) is 23.3 Å². The summed E-state index contributed by atoms with van der Waals surface area (Å²) in [6.07, 6.45) is 1.61. The van der Waals surface area contributed by atoms with Crippen molar-refractivity contribution in [2.45, 2.75) is 6.92 Å². The van der Waals surface area contributed by atoms with Crippen molar-refractivity contribution in [3.8, 4) is 6.07 Å². The fourth-order valence-corrected chi connectivity index (χ4v) is 0.391. The van der Waals surface area contributed by atoms with E-state index in [0.717, 1.165) is 0 Å². The molecule has 1 aromatic rings. The van der Waals surface area contributed by atoms with Crippen LogP contribution in [0.15, 0.2) is 12.3 Å². The third-order valence-corrected chi connectivity index (χ3v) is 0.850. The van der Waals surface area contributed by atoms with E-state index in [2.05, 4.69) is 14.9 Å². The highest BCUT2D eigenvalue weighted by Crippen LogP contribution is 1.83. The smallest absolute Gasteiger partial charge is 0.293 e. The third kappa shape index (κ3) is 4.99. The molecule has 0 bridgehead atoms. The minimum absolute atomic E-state index is 0.431. The van der Waals surface area contributed by atoms with E-state index in [0.29, 0.717) is 18.8 Å². The summed E-state index contributed by atoms with van der Waals surface area (Å²) in [7, 11) is 0. The Morgan fingerprint density at radius 1 is 1.92 bits per heavy atom. The Hall–Kier alpha value is -1.83. The van der Waals surface area contributed by atoms with Gasteiger partial charge in [0.2, 0.25) is 0 Å². The van der Waals surface area contributed by atoms with Gasteiger partial charge in [-0.2, -0.15) is 10.4 Å². The minimum Gasteiger partial charge on any atom is -0.468 e. The maximum absolute atomic E-state index is 9.18. The van der Waals surface area contributed by atoms with Gasteiger partial charge in [0, 0.05) is 6.20 Å². The van der Waals surface area contributed by atoms with Gasteiger partial charge in [-0.15, -0.1) is 0 Å². The second kappa shape index (κ2) is 7.28. The van der Waals surface area contributed by atoms with Crippen LogP contribution >= 0.6 is 0 Å². The molecule has 0 spiro atoms. The Morgan fingerprint density at radius 3 is 2.83 bits per heavy atom. The quantitative estimate of drug-likeness (QED) is 0.649. The first-order valence-corrected chi connectivity index (χ1v) is 3.30. The van der Waals surface area contributed by atoms with Crippen LogP contribution in [0, 0.1) is 11.3 Å². The number of hydrogen-bond acceptors (Lipinski definition) is 4. The van der Waals surface area contributed by atoms with E-state index in [9.17, 15) is 4.79 Å². The Bertz CT molecular complexity index is 238. The van der Waals surface area contributed by atoms with Crippen LogP contribution in [-0.2, 0) is 9.53 Å². The minimum atomic E-state index is 0.431. The van der Waals surface area contributed by atoms with Gasteiger partial charge in [-0.1, -0.05) is 0 Å². The SMILES string of the molecule is CCOC=O.N#Cc1cc[nH]n1. The van der Waals surface area contributed by atoms with Crippen LogP contribution in [0.2, 0.25) is 0 Å². The monoisotopic (exact) mass is 167 g/mol. The molecule has 0 saturated carbocycles. The molecule has 0 aromatic carbocycles. The first-order valence-electron chi connectivity index (χ1n) is 3.30. The number of aromatic amines is 1. The number of nitrogens with zero attached hydrogens (tertiary/aromatic N) is 2. The molecule has 0 radical (unpaired) electrons. The maximum atomic E-state index is 9.18. The summed E-state index contributed by atoms with van der Waals surface area (Å²) < 4.78 is 4.15. The standard InChI is InChI=1S/C4H3N3.C3H6O2/c5-3-4-1-2-6-7-4;1-2-5-3-4/h1-2H,(H,6,7);3H,2H2,1H3. The highest BCUT2D eigenvalue weighted by Gasteiger charge is 1.83. The van der Waals surface area contributed by atoms with E-state index in [1.54, 1.807) is 19.2 Å². The van der Waals surface area contributed by atoms with Crippen molar-refractivity contribution in [3.63, 3.8) is 0 Å². The summed E-state index contributed by atoms with van der Waals surface area (Å²) in [5.41, 5.74) is 0.431. The van der Waals surface area contributed by atoms with Gasteiger partial charge in [0.1, 0.15) is 6.07 Å². The van der Waals surface area contributed by atoms with E-state index in [1.165, 1.54) is 0 Å². The number of carbonyl (C=O) groups is 1. The van der Waals surface area contributed by atoms with Gasteiger partial charge in [0.05, 0.1) is 6.61 Å². The van der Waals surface area contributed by atoms with Gasteiger partial charge in [-0.25, -0.2) is 0 Å². The number of aromatic nitrogens is 2. The number of nitrogens with one attached hydrogen (secondary N) is 1. The van der Waals surface area contributed by atoms with E-state index in [-0.39, 0.29) is 0 Å². The molecule has 0 aliphatic carbocycles. The summed E-state index contributed by atoms with van der Waals surface area (Å²) in [6, 6.07) is 3.48. The lowest BCUT2D eigenvalue weighted by molar-refractivity contribution is -0.128. The first kappa shape index (κ1) is 10.2. The zero-order chi connectivity index (χ0) is 9.23. The number of nitriles is 1. The van der Waals surface area contributed by atoms with Gasteiger partial charge in [-0.05, 0) is 13.0 Å². The van der Waals surface area contributed by atoms with Crippen molar-refractivity contribution in [2.75, 3.05) is 6.61 Å². The van der Waals surface area contributed by atoms with Gasteiger partial charge in [0.15, 0.2) is 5.69 Å². The molecule has 0 unspecified atom stereocenters. The number of ether oxygens (including phenoxy) is 1. The van der Waals surface area contributed by atoms with Crippen LogP contribution in [0.5, 0.6) is 0 Å². The maximum Gasteiger partial charge on any atom is 0.293 e. The summed E-state index contributed by atoms with van der Waals surface area (Å²) in [5.74, 6) is 0. The third-order valence-electron chi connectivity index (χ3n) is 0.850. The molecule has 0 saturated heterocycles. The zero-order valence-electron chi connectivity index (χ0n) is 6.65. The van der Waals surface area contributed by atoms with E-state index in [1.807, 2.05) is 6.07 Å². The van der Waals surface area contributed by atoms with Crippen LogP contribution in [0.25, 0.3) is 0 Å². The largest absolute Gasteiger partial charge is 0.468 e. The van der Waals surface area contributed by atoms with Crippen molar-refractivity contribution in [3.05, 3.63) is 18.0 Å². The average molecular weight is 167 g/mol. The van der Waals surface area contributed by atoms with Crippen molar-refractivity contribution in [1.82, 2.24) is 10.2 Å². The summed E-state index contributed by atoms with van der Waals surface area (Å²) in [4.78, 5) is 9.18. The molecule has 1 N–H and O–H groups in total. The van der Waals surface area contributed by atoms with Crippen LogP contribution in [0.1, 0.15) is 12.6 Å². The Morgan fingerprint density at radius 2 is 2.67 bits per heavy atom. The molecule has 0 amide bonds. The Labute approximate surface area is 70.0 Å². The molecule has 0 fully saturated rings. The molecule has 1 heterocycles. The molecule has 12 heavy (non-hydrogen) atoms. The summed E-state index contributed by atoms with van der Waals surface area (Å²) in [6.45, 7) is 2.66. The Balaban J connectivity index is 0.000000217. The molecule has 1 aromatic heterocycles. The molecule has 0 atom stereocenters. The fourth-order valence-electron chi connectivity index (χ4n) is 0.391. The normalized spacial score (nSPS) is 7.33. The van der Waals surface area contributed by atoms with E-state index >= 15 is 0 Å². The second-order valence-corrected chi connectivity index (χ2v) is 1.62. The van der Waals surface area contributed by atoms with Crippen molar-refractivity contribution in [1.29, 1.82) is 5.26 Å². The molecular formula is C7H9N3O2. The van der Waals surface area contributed by atoms with Crippen LogP contribution in [0.3, 0.4) is 0 Å². The zero-order valence-corrected chi connectivity index (χ0v) is 6.65. The summed E-state index contributed by atoms with van der Waals surface area (Å²) >= 11 is 0. The molecular weight excluding hydrogens is 158 g/mol. The van der Waals surface area contributed by atoms with Gasteiger partial charge in [-0.3, -0.25) is 9.89 Å². The molecule has 0 aliphatic heterocycles. The predicted octanol–water partition coefficient (Wildman–Crippen LogP) is 0.461. The van der Waals surface area contributed by atoms with E-state index in [4.69, 9.17) is 5.26 Å². The molecule has 0 aliphatic rings. The topological polar surface area (TPSA) is 78.8 Å². The molecule has 5 heteroatoms. The molecule has 1 rings (SSSR count). The number of hydrogen-bond donors (Lipinski definition) is 1. The first-order chi connectivity index (χ1) is 5.85. The van der Waals surface area contributed by atoms with Gasteiger partial charge in [0.25, 0.3) is 6.47 Å². The van der Waals surface area contributed by atoms with Crippen molar-refractivity contribution >= 4 is 6.47 Å². The molecule has 5 nitrogen and oxygen atoms in total. The van der Waals surface area contributed by atoms with Gasteiger partial charge >= 0.3 is 0 Å². The van der Waals surface area contributed by atoms with Crippen LogP contribution < -0.4 is 0 Å². The van der Waals surface area contributed by atoms with Crippen molar-refractivity contribution in [2.24, 2.45) is 0 Å². The molecule has 64 valence electrons. The second-order valence-electron chi connectivity index (χ2n) is 1.62. The fraction of sp³-hybridized carbons (Fsp3) is 0.286. The number of H-pyrrole nitrogens is 1. The van der Waals surface area contributed by atoms with Gasteiger partial charge < -0.3 is 4.74 Å². The lowest BCUT2D eigenvalue weighted by Gasteiger charge is -1.79. The number of carbonyl (C=O) groups excluding carboxylic acids is 1. The lowest BCUT2D eigenvalue weighted by atomic mass is 10.5. The summed E-state index contributed by atoms with van der Waals surface area (Å²) in [5, 5.41) is 14.2. The Kier molecular flexibility index (Phi) is 6.17. The lowest BCUT2D eigenvalue weighted by Crippen LogP contribution is -1.80. The predicted molar refractivity (Wildman–Crippen MR) is 41.0 cm³/mol. The average Bonchev–Trinajstić information content (AvgIpc) is 2.58. The van der Waals surface area contributed by atoms with Crippen molar-refractivity contribution < 1.29 is 9.53 Å². The highest BCUT2D eigenvalue weighted by atomic mass is 16.5. The highest BCUT2D eigenvalue weighted by molar-refractivity contribution is 5.36. The number of rotatable bonds is 2. The van der Waals surface area contributed by atoms with E-state index < -0.39 is 0 Å². The van der Waals surface area contributed by atoms with Crippen LogP contribution in [0.4, 0.5) is 0 Å².